The zero-order valence-electron chi connectivity index (χ0n) is 12.4. The van der Waals surface area contributed by atoms with Crippen molar-refractivity contribution in [3.05, 3.63) is 58.8 Å². The van der Waals surface area contributed by atoms with Crippen molar-refractivity contribution in [2.75, 3.05) is 0 Å². The molecule has 0 unspecified atom stereocenters. The first kappa shape index (κ1) is 17.6. The standard InChI is InChI=1S/C15H16BrN3O3S/c1-11(15(20)18-10-13-4-2-3-9-17-13)19-23(21,22)14-7-5-12(16)6-8-14/h2-9,11,19H,10H2,1H3,(H,18,20)/t11-/m1/s1. The maximum absolute atomic E-state index is 12.2. The van der Waals surface area contributed by atoms with Gasteiger partial charge in [0.1, 0.15) is 0 Å². The summed E-state index contributed by atoms with van der Waals surface area (Å²) in [6.45, 7) is 1.73. The van der Waals surface area contributed by atoms with Gasteiger partial charge in [-0.05, 0) is 43.3 Å². The second-order valence-electron chi connectivity index (χ2n) is 4.84. The number of aromatic nitrogens is 1. The number of sulfonamides is 1. The third-order valence-corrected chi connectivity index (χ3v) is 5.10. The maximum Gasteiger partial charge on any atom is 0.241 e. The summed E-state index contributed by atoms with van der Waals surface area (Å²) < 4.78 is 27.6. The molecule has 1 amide bonds. The molecule has 6 nitrogen and oxygen atoms in total. The van der Waals surface area contributed by atoms with Crippen molar-refractivity contribution < 1.29 is 13.2 Å². The number of amides is 1. The molecule has 0 saturated carbocycles. The summed E-state index contributed by atoms with van der Waals surface area (Å²) in [6.07, 6.45) is 1.63. The van der Waals surface area contributed by atoms with Gasteiger partial charge in [0.15, 0.2) is 0 Å². The van der Waals surface area contributed by atoms with Crippen LogP contribution in [0.15, 0.2) is 58.0 Å². The van der Waals surface area contributed by atoms with Crippen molar-refractivity contribution in [1.82, 2.24) is 15.0 Å². The molecular weight excluding hydrogens is 382 g/mol. The number of nitrogens with zero attached hydrogens (tertiary/aromatic N) is 1. The number of benzene rings is 1. The van der Waals surface area contributed by atoms with Gasteiger partial charge in [0.05, 0.1) is 23.2 Å². The zero-order chi connectivity index (χ0) is 16.9. The van der Waals surface area contributed by atoms with Crippen LogP contribution in [0.2, 0.25) is 0 Å². The van der Waals surface area contributed by atoms with Crippen LogP contribution < -0.4 is 10.0 Å². The predicted octanol–water partition coefficient (Wildman–Crippen LogP) is 1.83. The highest BCUT2D eigenvalue weighted by Crippen LogP contribution is 2.14. The van der Waals surface area contributed by atoms with Gasteiger partial charge < -0.3 is 5.32 Å². The van der Waals surface area contributed by atoms with E-state index in [1.807, 2.05) is 6.07 Å². The zero-order valence-corrected chi connectivity index (χ0v) is 14.8. The lowest BCUT2D eigenvalue weighted by Gasteiger charge is -2.14. The minimum absolute atomic E-state index is 0.102. The second kappa shape index (κ2) is 7.67. The quantitative estimate of drug-likeness (QED) is 0.777. The molecule has 1 aromatic heterocycles. The van der Waals surface area contributed by atoms with Crippen LogP contribution >= 0.6 is 15.9 Å². The van der Waals surface area contributed by atoms with E-state index in [0.717, 1.165) is 4.47 Å². The summed E-state index contributed by atoms with van der Waals surface area (Å²) in [5, 5.41) is 2.65. The van der Waals surface area contributed by atoms with Gasteiger partial charge in [-0.1, -0.05) is 22.0 Å². The van der Waals surface area contributed by atoms with Crippen molar-refractivity contribution >= 4 is 31.9 Å². The average molecular weight is 398 g/mol. The normalized spacial score (nSPS) is 12.6. The Kier molecular flexibility index (Phi) is 5.86. The van der Waals surface area contributed by atoms with E-state index in [9.17, 15) is 13.2 Å². The van der Waals surface area contributed by atoms with E-state index in [-0.39, 0.29) is 11.4 Å². The van der Waals surface area contributed by atoms with Crippen LogP contribution in [-0.2, 0) is 21.4 Å². The van der Waals surface area contributed by atoms with E-state index in [0.29, 0.717) is 5.69 Å². The second-order valence-corrected chi connectivity index (χ2v) is 7.47. The van der Waals surface area contributed by atoms with E-state index >= 15 is 0 Å². The molecule has 23 heavy (non-hydrogen) atoms. The van der Waals surface area contributed by atoms with Gasteiger partial charge in [0.2, 0.25) is 15.9 Å². The van der Waals surface area contributed by atoms with Gasteiger partial charge in [-0.3, -0.25) is 9.78 Å². The number of hydrogen-bond acceptors (Lipinski definition) is 4. The van der Waals surface area contributed by atoms with Crippen molar-refractivity contribution in [2.45, 2.75) is 24.4 Å². The Morgan fingerprint density at radius 1 is 1.22 bits per heavy atom. The molecule has 1 atom stereocenters. The highest BCUT2D eigenvalue weighted by atomic mass is 79.9. The third-order valence-electron chi connectivity index (χ3n) is 3.02. The van der Waals surface area contributed by atoms with Gasteiger partial charge in [-0.25, -0.2) is 8.42 Å². The Morgan fingerprint density at radius 3 is 2.52 bits per heavy atom. The average Bonchev–Trinajstić information content (AvgIpc) is 2.53. The number of halogens is 1. The Bertz CT molecular complexity index is 764. The minimum atomic E-state index is -3.75. The fourth-order valence-electron chi connectivity index (χ4n) is 1.80. The summed E-state index contributed by atoms with van der Waals surface area (Å²) in [7, 11) is -3.75. The van der Waals surface area contributed by atoms with Crippen LogP contribution in [0.3, 0.4) is 0 Å². The molecule has 1 heterocycles. The lowest BCUT2D eigenvalue weighted by Crippen LogP contribution is -2.44. The van der Waals surface area contributed by atoms with Crippen LogP contribution in [0.4, 0.5) is 0 Å². The highest BCUT2D eigenvalue weighted by Gasteiger charge is 2.21. The van der Waals surface area contributed by atoms with Crippen molar-refractivity contribution in [1.29, 1.82) is 0 Å². The van der Waals surface area contributed by atoms with Crippen molar-refractivity contribution in [2.24, 2.45) is 0 Å². The molecule has 2 N–H and O–H groups in total. The Morgan fingerprint density at radius 2 is 1.91 bits per heavy atom. The molecule has 0 fully saturated rings. The highest BCUT2D eigenvalue weighted by molar-refractivity contribution is 9.10. The summed E-state index contributed by atoms with van der Waals surface area (Å²) in [6, 6.07) is 10.6. The number of nitrogens with one attached hydrogen (secondary N) is 2. The number of rotatable bonds is 6. The molecule has 0 aliphatic carbocycles. The number of carbonyl (C=O) groups is 1. The third kappa shape index (κ3) is 5.12. The fraction of sp³-hybridized carbons (Fsp3) is 0.200. The Labute approximate surface area is 143 Å². The monoisotopic (exact) mass is 397 g/mol. The van der Waals surface area contributed by atoms with Gasteiger partial charge in [-0.15, -0.1) is 0 Å². The Hall–Kier alpha value is -1.77. The summed E-state index contributed by atoms with van der Waals surface area (Å²) in [5.41, 5.74) is 0.698. The molecule has 0 radical (unpaired) electrons. The van der Waals surface area contributed by atoms with Gasteiger partial charge in [0.25, 0.3) is 0 Å². The van der Waals surface area contributed by atoms with E-state index in [1.165, 1.54) is 19.1 Å². The minimum Gasteiger partial charge on any atom is -0.349 e. The van der Waals surface area contributed by atoms with Crippen LogP contribution in [0.5, 0.6) is 0 Å². The number of hydrogen-bond donors (Lipinski definition) is 2. The molecular formula is C15H16BrN3O3S. The molecule has 8 heteroatoms. The summed E-state index contributed by atoms with van der Waals surface area (Å²) in [5.74, 6) is -0.420. The van der Waals surface area contributed by atoms with Crippen LogP contribution in [0.25, 0.3) is 0 Å². The maximum atomic E-state index is 12.2. The molecule has 2 aromatic rings. The first-order chi connectivity index (χ1) is 10.9. The lowest BCUT2D eigenvalue weighted by molar-refractivity contribution is -0.122. The smallest absolute Gasteiger partial charge is 0.241 e. The van der Waals surface area contributed by atoms with Crippen molar-refractivity contribution in [3.8, 4) is 0 Å². The predicted molar refractivity (Wildman–Crippen MR) is 90.0 cm³/mol. The summed E-state index contributed by atoms with van der Waals surface area (Å²) in [4.78, 5) is 16.2. The van der Waals surface area contributed by atoms with Gasteiger partial charge in [-0.2, -0.15) is 4.72 Å². The molecule has 1 aromatic carbocycles. The van der Waals surface area contributed by atoms with Gasteiger partial charge in [0, 0.05) is 10.7 Å². The molecule has 0 aliphatic rings. The largest absolute Gasteiger partial charge is 0.349 e. The van der Waals surface area contributed by atoms with Crippen LogP contribution in [-0.4, -0.2) is 25.4 Å². The first-order valence-electron chi connectivity index (χ1n) is 6.84. The van der Waals surface area contributed by atoms with E-state index in [4.69, 9.17) is 0 Å². The first-order valence-corrected chi connectivity index (χ1v) is 9.11. The van der Waals surface area contributed by atoms with E-state index in [1.54, 1.807) is 30.5 Å². The molecule has 0 saturated heterocycles. The van der Waals surface area contributed by atoms with Crippen molar-refractivity contribution in [3.63, 3.8) is 0 Å². The molecule has 2 rings (SSSR count). The molecule has 0 aliphatic heterocycles. The van der Waals surface area contributed by atoms with Crippen LogP contribution in [0, 0.1) is 0 Å². The molecule has 122 valence electrons. The van der Waals surface area contributed by atoms with Crippen LogP contribution in [0.1, 0.15) is 12.6 Å². The van der Waals surface area contributed by atoms with Gasteiger partial charge >= 0.3 is 0 Å². The SMILES string of the molecule is C[C@@H](NS(=O)(=O)c1ccc(Br)cc1)C(=O)NCc1ccccn1. The fourth-order valence-corrected chi connectivity index (χ4v) is 3.27. The Balaban J connectivity index is 1.96. The lowest BCUT2D eigenvalue weighted by atomic mass is 10.3. The molecule has 0 bridgehead atoms. The van der Waals surface area contributed by atoms with E-state index < -0.39 is 22.0 Å². The molecule has 0 spiro atoms. The summed E-state index contributed by atoms with van der Waals surface area (Å²) >= 11 is 3.24. The topological polar surface area (TPSA) is 88.2 Å². The van der Waals surface area contributed by atoms with E-state index in [2.05, 4.69) is 31.0 Å². The number of pyridine rings is 1. The number of carbonyl (C=O) groups excluding carboxylic acids is 1.